The highest BCUT2D eigenvalue weighted by molar-refractivity contribution is 5.95. The number of nitrogens with zero attached hydrogens (tertiary/aromatic N) is 7. The monoisotopic (exact) mass is 903 g/mol. The number of carboxylic acid groups (broad SMARTS) is 1. The van der Waals surface area contributed by atoms with Gasteiger partial charge in [-0.3, -0.25) is 24.5 Å². The maximum Gasteiger partial charge on any atom is 0.408 e. The van der Waals surface area contributed by atoms with Crippen LogP contribution in [0, 0.1) is 11.3 Å². The first-order chi connectivity index (χ1) is 31.8. The van der Waals surface area contributed by atoms with Crippen LogP contribution in [-0.2, 0) is 45.1 Å². The Bertz CT molecular complexity index is 2560. The van der Waals surface area contributed by atoms with Crippen LogP contribution in [0.15, 0.2) is 65.2 Å². The highest BCUT2D eigenvalue weighted by atomic mass is 16.5. The van der Waals surface area contributed by atoms with Gasteiger partial charge in [-0.2, -0.15) is 0 Å². The van der Waals surface area contributed by atoms with Crippen molar-refractivity contribution in [3.05, 3.63) is 83.5 Å². The Morgan fingerprint density at radius 2 is 1.77 bits per heavy atom. The van der Waals surface area contributed by atoms with Gasteiger partial charge >= 0.3 is 12.1 Å². The van der Waals surface area contributed by atoms with Crippen LogP contribution in [-0.4, -0.2) is 122 Å². The van der Waals surface area contributed by atoms with Crippen LogP contribution in [0.1, 0.15) is 82.2 Å². The van der Waals surface area contributed by atoms with Gasteiger partial charge in [0.15, 0.2) is 0 Å². The van der Waals surface area contributed by atoms with Crippen molar-refractivity contribution >= 4 is 34.6 Å². The van der Waals surface area contributed by atoms with Crippen LogP contribution in [0.2, 0.25) is 0 Å². The molecule has 2 aliphatic carbocycles. The van der Waals surface area contributed by atoms with E-state index >= 15 is 0 Å². The van der Waals surface area contributed by atoms with Gasteiger partial charge in [-0.1, -0.05) is 44.2 Å². The minimum Gasteiger partial charge on any atom is -0.480 e. The second kappa shape index (κ2) is 18.8. The number of piperazine rings is 1. The topological polar surface area (TPSA) is 201 Å². The first-order valence-corrected chi connectivity index (χ1v) is 23.2. The number of aliphatic hydroxyl groups is 1. The van der Waals surface area contributed by atoms with Crippen molar-refractivity contribution < 1.29 is 38.5 Å². The quantitative estimate of drug-likeness (QED) is 0.0880. The number of hydrazine groups is 1. The van der Waals surface area contributed by atoms with Crippen molar-refractivity contribution in [1.82, 2.24) is 40.4 Å². The largest absolute Gasteiger partial charge is 0.480 e. The number of carbonyl (C=O) groups excluding carboxylic acids is 2. The van der Waals surface area contributed by atoms with Crippen molar-refractivity contribution in [2.45, 2.75) is 110 Å². The van der Waals surface area contributed by atoms with Crippen molar-refractivity contribution in [2.75, 3.05) is 44.8 Å². The summed E-state index contributed by atoms with van der Waals surface area (Å²) < 4.78 is 20.0. The molecule has 66 heavy (non-hydrogen) atoms. The average Bonchev–Trinajstić information content (AvgIpc) is 4.00. The van der Waals surface area contributed by atoms with E-state index in [1.54, 1.807) is 7.11 Å². The zero-order valence-electron chi connectivity index (χ0n) is 38.4. The second-order valence-electron chi connectivity index (χ2n) is 19.1. The number of ether oxygens (including phenoxy) is 2. The Morgan fingerprint density at radius 3 is 2.45 bits per heavy atom. The number of aryl methyl sites for hydroxylation is 1. The van der Waals surface area contributed by atoms with Crippen LogP contribution in [0.3, 0.4) is 0 Å². The molecule has 0 unspecified atom stereocenters. The summed E-state index contributed by atoms with van der Waals surface area (Å²) in [5.41, 5.74) is 9.76. The van der Waals surface area contributed by atoms with Crippen molar-refractivity contribution in [3.63, 3.8) is 0 Å². The number of aromatic nitrogens is 4. The number of aliphatic carboxylic acids is 1. The van der Waals surface area contributed by atoms with Gasteiger partial charge in [-0.25, -0.2) is 10.2 Å². The molecule has 0 radical (unpaired) electrons. The molecule has 3 aliphatic heterocycles. The average molecular weight is 904 g/mol. The highest BCUT2D eigenvalue weighted by Crippen LogP contribution is 2.43. The number of rotatable bonds is 17. The number of alkyl carbamates (subject to hydrolysis) is 1. The highest BCUT2D eigenvalue weighted by Gasteiger charge is 2.50. The lowest BCUT2D eigenvalue weighted by Crippen LogP contribution is -2.71. The Labute approximate surface area is 384 Å². The van der Waals surface area contributed by atoms with E-state index < -0.39 is 35.5 Å². The van der Waals surface area contributed by atoms with Gasteiger partial charge < -0.3 is 38.9 Å². The lowest BCUT2D eigenvalue weighted by atomic mass is 9.73. The third-order valence-corrected chi connectivity index (χ3v) is 13.9. The molecule has 5 aromatic rings. The molecule has 2 bridgehead atoms. The molecule has 5 fully saturated rings. The number of pyridine rings is 1. The van der Waals surface area contributed by atoms with E-state index in [1.807, 2.05) is 61.7 Å². The number of anilines is 1. The maximum atomic E-state index is 14.2. The molecular formula is C49H61N9O8. The van der Waals surface area contributed by atoms with E-state index in [0.29, 0.717) is 31.4 Å². The molecule has 2 saturated carbocycles. The summed E-state index contributed by atoms with van der Waals surface area (Å²) in [5.74, 6) is -1.34. The van der Waals surface area contributed by atoms with Crippen LogP contribution in [0.4, 0.5) is 10.5 Å². The molecule has 3 saturated heterocycles. The summed E-state index contributed by atoms with van der Waals surface area (Å²) in [6.45, 7) is 12.8. The molecule has 0 spiro atoms. The fourth-order valence-electron chi connectivity index (χ4n) is 9.83. The zero-order valence-corrected chi connectivity index (χ0v) is 38.4. The van der Waals surface area contributed by atoms with E-state index in [2.05, 4.69) is 62.1 Å². The molecule has 3 aromatic heterocycles. The van der Waals surface area contributed by atoms with Gasteiger partial charge in [-0.15, -0.1) is 10.2 Å². The number of hydrogen-bond acceptors (Lipinski definition) is 13. The van der Waals surface area contributed by atoms with Crippen molar-refractivity contribution in [2.24, 2.45) is 11.3 Å². The lowest BCUT2D eigenvalue weighted by molar-refractivity contribution is -0.165. The Morgan fingerprint density at radius 1 is 1.02 bits per heavy atom. The molecule has 17 nitrogen and oxygen atoms in total. The van der Waals surface area contributed by atoms with E-state index in [4.69, 9.17) is 18.9 Å². The number of aliphatic hydroxyl groups excluding tert-OH is 1. The van der Waals surface area contributed by atoms with Crippen molar-refractivity contribution in [3.8, 4) is 22.7 Å². The summed E-state index contributed by atoms with van der Waals surface area (Å²) in [6, 6.07) is 15.8. The molecule has 5 aliphatic rings. The third kappa shape index (κ3) is 9.26. The number of hydrogen-bond donors (Lipinski definition) is 4. The number of carbonyl (C=O) groups is 3. The normalized spacial score (nSPS) is 20.8. The predicted molar refractivity (Wildman–Crippen MR) is 246 cm³/mol. The molecule has 4 N–H and O–H groups in total. The van der Waals surface area contributed by atoms with Crippen LogP contribution in [0.25, 0.3) is 33.6 Å². The summed E-state index contributed by atoms with van der Waals surface area (Å²) >= 11 is 0. The Balaban J connectivity index is 1.05. The Kier molecular flexibility index (Phi) is 12.9. The number of carboxylic acids is 1. The van der Waals surface area contributed by atoms with Gasteiger partial charge in [0.1, 0.15) is 18.7 Å². The number of methoxy groups -OCH3 is 1. The fraction of sp³-hybridized carbons (Fsp3) is 0.510. The van der Waals surface area contributed by atoms with Gasteiger partial charge in [0.2, 0.25) is 11.8 Å². The fourth-order valence-corrected chi connectivity index (χ4v) is 9.83. The maximum absolute atomic E-state index is 14.2. The number of amides is 2. The van der Waals surface area contributed by atoms with Gasteiger partial charge in [0.25, 0.3) is 5.91 Å². The van der Waals surface area contributed by atoms with Gasteiger partial charge in [0.05, 0.1) is 35.8 Å². The minimum absolute atomic E-state index is 0.0145. The third-order valence-electron chi connectivity index (χ3n) is 13.9. The first kappa shape index (κ1) is 45.3. The molecule has 6 heterocycles. The second-order valence-corrected chi connectivity index (χ2v) is 19.1. The zero-order chi connectivity index (χ0) is 46.3. The molecule has 2 aromatic carbocycles. The Hall–Kier alpha value is -5.88. The smallest absolute Gasteiger partial charge is 0.408 e. The summed E-state index contributed by atoms with van der Waals surface area (Å²) in [7, 11) is 1.70. The molecule has 17 heteroatoms. The van der Waals surface area contributed by atoms with Crippen LogP contribution >= 0.6 is 0 Å². The number of fused-ring (bicyclic) bond motifs is 3. The molecule has 2 amide bonds. The van der Waals surface area contributed by atoms with Gasteiger partial charge in [-0.05, 0) is 92.7 Å². The summed E-state index contributed by atoms with van der Waals surface area (Å²) in [4.78, 5) is 49.6. The number of benzene rings is 2. The van der Waals surface area contributed by atoms with Crippen LogP contribution in [0.5, 0.6) is 0 Å². The minimum atomic E-state index is -1.22. The summed E-state index contributed by atoms with van der Waals surface area (Å²) in [5, 5.41) is 34.3. The van der Waals surface area contributed by atoms with Crippen LogP contribution < -0.4 is 15.6 Å². The molecule has 350 valence electrons. The molecule has 10 rings (SSSR count). The van der Waals surface area contributed by atoms with E-state index in [-0.39, 0.29) is 49.5 Å². The van der Waals surface area contributed by atoms with Gasteiger partial charge in [0, 0.05) is 80.6 Å². The van der Waals surface area contributed by atoms with Crippen molar-refractivity contribution in [1.29, 1.82) is 0 Å². The summed E-state index contributed by atoms with van der Waals surface area (Å²) in [6.07, 6.45) is 4.91. The van der Waals surface area contributed by atoms with E-state index in [9.17, 15) is 24.6 Å². The lowest BCUT2D eigenvalue weighted by Gasteiger charge is -2.52. The molecular weight excluding hydrogens is 843 g/mol. The SMILES string of the molecule is CCn1c(-c2cc(N3CCN(C4CC4)CC3)cnc2[C@H](C)OC)c(CC(C)(C)CO)c2cc(-c3nnc(C[C@H](NC(=O)OCc4ccccc4)C(=O)N4N[C@H](C(=O)O)C5CC4C5)o3)ccc21. The number of nitrogens with one attached hydrogen (secondary N) is 2. The molecule has 3 atom stereocenters. The first-order valence-electron chi connectivity index (χ1n) is 23.2. The van der Waals surface area contributed by atoms with E-state index in [1.165, 1.54) is 17.9 Å². The van der Waals surface area contributed by atoms with E-state index in [0.717, 1.165) is 76.9 Å². The standard InChI is InChI=1S/C49H61N9O8/c1-6-57-40-15-12-31(22-36(40)38(25-49(3,4)28-59)44(57)37-23-35(26-50-42(37)29(2)64-5)56-18-16-55(17-19-56)33-13-14-33)45-53-52-41(66-45)24-39(51-48(63)65-27-30-10-8-7-9-11-30)46(60)58-34-20-32(21-34)43(54-58)47(61)62/h7-12,15,22-23,26,29,32-34,39,43,54,59H,6,13-14,16-21,24-25,27-28H2,1-5H3,(H,51,63)(H,61,62)/t29-,32?,34?,39-,43-/m0/s1. The predicted octanol–water partition coefficient (Wildman–Crippen LogP) is 5.74.